The minimum atomic E-state index is -0.224. The van der Waals surface area contributed by atoms with E-state index in [4.69, 9.17) is 4.74 Å². The summed E-state index contributed by atoms with van der Waals surface area (Å²) in [6, 6.07) is 17.8. The van der Waals surface area contributed by atoms with Gasteiger partial charge in [0.15, 0.2) is 0 Å². The molecule has 6 heteroatoms. The molecule has 2 heterocycles. The number of carbonyl (C=O) groups excluding carboxylic acids is 1. The van der Waals surface area contributed by atoms with Gasteiger partial charge in [0.2, 0.25) is 11.9 Å². The fourth-order valence-corrected chi connectivity index (χ4v) is 3.09. The number of fused-ring (bicyclic) bond motifs is 1. The number of ether oxygens (including phenoxy) is 1. The number of aromatic nitrogens is 3. The summed E-state index contributed by atoms with van der Waals surface area (Å²) in [6.07, 6.45) is 2.49. The highest BCUT2D eigenvalue weighted by Crippen LogP contribution is 2.29. The van der Waals surface area contributed by atoms with Crippen LogP contribution in [0.25, 0.3) is 5.69 Å². The van der Waals surface area contributed by atoms with E-state index in [1.54, 1.807) is 10.9 Å². The smallest absolute Gasteiger partial charge is 0.235 e. The van der Waals surface area contributed by atoms with Gasteiger partial charge in [0.05, 0.1) is 24.8 Å². The summed E-state index contributed by atoms with van der Waals surface area (Å²) >= 11 is 0. The lowest BCUT2D eigenvalue weighted by molar-refractivity contribution is -0.119. The number of amides is 1. The SMILES string of the molecule is O=C(CC1OCCc2ccccc21)Nc1nncn1-c1ccccc1. The number of hydrogen-bond acceptors (Lipinski definition) is 4. The molecule has 1 aromatic heterocycles. The predicted octanol–water partition coefficient (Wildman–Crippen LogP) is 2.91. The highest BCUT2D eigenvalue weighted by Gasteiger charge is 2.23. The molecule has 4 rings (SSSR count). The average Bonchev–Trinajstić information content (AvgIpc) is 3.11. The van der Waals surface area contributed by atoms with Gasteiger partial charge in [0.25, 0.3) is 0 Å². The van der Waals surface area contributed by atoms with Crippen molar-refractivity contribution in [1.29, 1.82) is 0 Å². The number of nitrogens with one attached hydrogen (secondary N) is 1. The van der Waals surface area contributed by atoms with Crippen molar-refractivity contribution in [1.82, 2.24) is 14.8 Å². The van der Waals surface area contributed by atoms with Crippen LogP contribution in [-0.4, -0.2) is 27.3 Å². The molecule has 25 heavy (non-hydrogen) atoms. The third-order valence-electron chi connectivity index (χ3n) is 4.30. The number of para-hydroxylation sites is 1. The normalized spacial score (nSPS) is 16.2. The van der Waals surface area contributed by atoms with Gasteiger partial charge >= 0.3 is 0 Å². The summed E-state index contributed by atoms with van der Waals surface area (Å²) in [6.45, 7) is 0.634. The molecule has 0 bridgehead atoms. The predicted molar refractivity (Wildman–Crippen MR) is 93.4 cm³/mol. The molecule has 1 unspecified atom stereocenters. The van der Waals surface area contributed by atoms with Crippen LogP contribution in [0, 0.1) is 0 Å². The lowest BCUT2D eigenvalue weighted by atomic mass is 9.96. The highest BCUT2D eigenvalue weighted by molar-refractivity contribution is 5.89. The topological polar surface area (TPSA) is 69.0 Å². The quantitative estimate of drug-likeness (QED) is 0.796. The number of benzene rings is 2. The second kappa shape index (κ2) is 6.86. The molecule has 0 radical (unpaired) electrons. The first-order chi connectivity index (χ1) is 12.3. The fraction of sp³-hybridized carbons (Fsp3) is 0.211. The lowest BCUT2D eigenvalue weighted by Gasteiger charge is -2.25. The minimum Gasteiger partial charge on any atom is -0.373 e. The van der Waals surface area contributed by atoms with Crippen molar-refractivity contribution in [2.75, 3.05) is 11.9 Å². The summed E-state index contributed by atoms with van der Waals surface area (Å²) < 4.78 is 7.55. The molecule has 0 fully saturated rings. The van der Waals surface area contributed by atoms with Gasteiger partial charge in [-0.05, 0) is 29.7 Å². The molecule has 1 aliphatic rings. The molecule has 126 valence electrons. The van der Waals surface area contributed by atoms with Crippen LogP contribution >= 0.6 is 0 Å². The highest BCUT2D eigenvalue weighted by atomic mass is 16.5. The van der Waals surface area contributed by atoms with Gasteiger partial charge < -0.3 is 4.74 Å². The van der Waals surface area contributed by atoms with Crippen LogP contribution in [0.1, 0.15) is 23.7 Å². The van der Waals surface area contributed by atoms with Gasteiger partial charge in [0, 0.05) is 0 Å². The zero-order chi connectivity index (χ0) is 17.1. The first kappa shape index (κ1) is 15.5. The first-order valence-corrected chi connectivity index (χ1v) is 8.26. The van der Waals surface area contributed by atoms with E-state index < -0.39 is 0 Å². The first-order valence-electron chi connectivity index (χ1n) is 8.26. The molecule has 0 spiro atoms. The van der Waals surface area contributed by atoms with Crippen molar-refractivity contribution in [3.05, 3.63) is 72.1 Å². The maximum atomic E-state index is 12.5. The summed E-state index contributed by atoms with van der Waals surface area (Å²) in [5.74, 6) is 0.257. The molecular formula is C19H18N4O2. The third kappa shape index (κ3) is 3.29. The second-order valence-corrected chi connectivity index (χ2v) is 5.92. The van der Waals surface area contributed by atoms with E-state index in [2.05, 4.69) is 21.6 Å². The Morgan fingerprint density at radius 1 is 1.16 bits per heavy atom. The summed E-state index contributed by atoms with van der Waals surface area (Å²) in [7, 11) is 0. The Bertz CT molecular complexity index is 876. The van der Waals surface area contributed by atoms with Crippen LogP contribution in [0.2, 0.25) is 0 Å². The van der Waals surface area contributed by atoms with Gasteiger partial charge in [0.1, 0.15) is 6.33 Å². The molecule has 0 saturated carbocycles. The van der Waals surface area contributed by atoms with Gasteiger partial charge in [-0.2, -0.15) is 0 Å². The maximum absolute atomic E-state index is 12.5. The van der Waals surface area contributed by atoms with E-state index in [0.29, 0.717) is 12.6 Å². The van der Waals surface area contributed by atoms with E-state index in [-0.39, 0.29) is 18.4 Å². The molecule has 6 nitrogen and oxygen atoms in total. The van der Waals surface area contributed by atoms with Crippen LogP contribution in [0.4, 0.5) is 5.95 Å². The maximum Gasteiger partial charge on any atom is 0.235 e. The van der Waals surface area contributed by atoms with E-state index in [9.17, 15) is 4.79 Å². The number of anilines is 1. The zero-order valence-electron chi connectivity index (χ0n) is 13.6. The zero-order valence-corrected chi connectivity index (χ0v) is 13.6. The van der Waals surface area contributed by atoms with Crippen molar-refractivity contribution in [3.8, 4) is 5.69 Å². The van der Waals surface area contributed by atoms with Crippen molar-refractivity contribution >= 4 is 11.9 Å². The molecular weight excluding hydrogens is 316 g/mol. The summed E-state index contributed by atoms with van der Waals surface area (Å²) in [5.41, 5.74) is 3.23. The van der Waals surface area contributed by atoms with Crippen molar-refractivity contribution in [2.24, 2.45) is 0 Å². The van der Waals surface area contributed by atoms with Crippen LogP contribution in [-0.2, 0) is 16.0 Å². The molecule has 2 aromatic carbocycles. The molecule has 0 aliphatic carbocycles. The summed E-state index contributed by atoms with van der Waals surface area (Å²) in [5, 5.41) is 10.7. The Balaban J connectivity index is 1.49. The average molecular weight is 334 g/mol. The molecule has 1 amide bonds. The molecule has 1 atom stereocenters. The largest absolute Gasteiger partial charge is 0.373 e. The minimum absolute atomic E-state index is 0.146. The van der Waals surface area contributed by atoms with Gasteiger partial charge in [-0.15, -0.1) is 10.2 Å². The number of carbonyl (C=O) groups is 1. The number of rotatable bonds is 4. The summed E-state index contributed by atoms with van der Waals surface area (Å²) in [4.78, 5) is 12.5. The van der Waals surface area contributed by atoms with Crippen LogP contribution in [0.5, 0.6) is 0 Å². The Hall–Kier alpha value is -2.99. The molecule has 1 N–H and O–H groups in total. The third-order valence-corrected chi connectivity index (χ3v) is 4.30. The monoisotopic (exact) mass is 334 g/mol. The van der Waals surface area contributed by atoms with Crippen LogP contribution in [0.15, 0.2) is 60.9 Å². The van der Waals surface area contributed by atoms with Gasteiger partial charge in [-0.3, -0.25) is 14.7 Å². The molecule has 0 saturated heterocycles. The molecule has 3 aromatic rings. The van der Waals surface area contributed by atoms with Gasteiger partial charge in [-0.25, -0.2) is 0 Å². The van der Waals surface area contributed by atoms with Crippen molar-refractivity contribution < 1.29 is 9.53 Å². The Kier molecular flexibility index (Phi) is 4.26. The number of hydrogen-bond donors (Lipinski definition) is 1. The number of nitrogens with zero attached hydrogens (tertiary/aromatic N) is 3. The van der Waals surface area contributed by atoms with Crippen LogP contribution < -0.4 is 5.32 Å². The Morgan fingerprint density at radius 3 is 2.84 bits per heavy atom. The fourth-order valence-electron chi connectivity index (χ4n) is 3.09. The molecule has 1 aliphatic heterocycles. The van der Waals surface area contributed by atoms with E-state index >= 15 is 0 Å². The van der Waals surface area contributed by atoms with Crippen molar-refractivity contribution in [2.45, 2.75) is 18.9 Å². The Labute approximate surface area is 145 Å². The van der Waals surface area contributed by atoms with E-state index in [1.807, 2.05) is 48.5 Å². The second-order valence-electron chi connectivity index (χ2n) is 5.92. The standard InChI is InChI=1S/C19H18N4O2/c24-18(12-17-16-9-5-4-6-14(16)10-11-25-17)21-19-22-20-13-23(19)15-7-2-1-3-8-15/h1-9,13,17H,10-12H2,(H,21,22,24). The van der Waals surface area contributed by atoms with Gasteiger partial charge in [-0.1, -0.05) is 42.5 Å². The van der Waals surface area contributed by atoms with Crippen molar-refractivity contribution in [3.63, 3.8) is 0 Å². The Morgan fingerprint density at radius 2 is 1.96 bits per heavy atom. The van der Waals surface area contributed by atoms with E-state index in [0.717, 1.165) is 17.7 Å². The van der Waals surface area contributed by atoms with E-state index in [1.165, 1.54) is 5.56 Å². The van der Waals surface area contributed by atoms with Crippen LogP contribution in [0.3, 0.4) is 0 Å². The lowest BCUT2D eigenvalue weighted by Crippen LogP contribution is -2.23.